The van der Waals surface area contributed by atoms with E-state index in [0.717, 1.165) is 5.75 Å². The molecule has 1 aromatic carbocycles. The summed E-state index contributed by atoms with van der Waals surface area (Å²) in [4.78, 5) is 1.33. The van der Waals surface area contributed by atoms with Crippen molar-refractivity contribution in [3.63, 3.8) is 0 Å². The van der Waals surface area contributed by atoms with Crippen molar-refractivity contribution in [1.82, 2.24) is 0 Å². The molecule has 0 saturated heterocycles. The molecule has 0 N–H and O–H groups in total. The van der Waals surface area contributed by atoms with Gasteiger partial charge in [0.2, 0.25) is 0 Å². The third-order valence-corrected chi connectivity index (χ3v) is 3.25. The molecule has 0 saturated carbocycles. The van der Waals surface area contributed by atoms with Crippen molar-refractivity contribution in [2.75, 3.05) is 5.75 Å². The van der Waals surface area contributed by atoms with Crippen LogP contribution in [0.15, 0.2) is 35.2 Å². The number of thioether (sulfide) groups is 1. The maximum atomic E-state index is 4.22. The molecule has 0 aromatic heterocycles. The molecule has 0 heterocycles. The predicted octanol–water partition coefficient (Wildman–Crippen LogP) is 3.10. The predicted molar refractivity (Wildman–Crippen MR) is 55.6 cm³/mol. The summed E-state index contributed by atoms with van der Waals surface area (Å²) in [5.74, 6) is 0.930. The van der Waals surface area contributed by atoms with Gasteiger partial charge in [0.15, 0.2) is 0 Å². The first-order chi connectivity index (χ1) is 5.33. The summed E-state index contributed by atoms with van der Waals surface area (Å²) in [6.07, 6.45) is 0. The van der Waals surface area contributed by atoms with Crippen LogP contribution < -0.4 is 0 Å². The molecule has 0 aliphatic heterocycles. The molecule has 0 radical (unpaired) electrons. The average Bonchev–Trinajstić information content (AvgIpc) is 2.06. The SMILES string of the molecule is CC(CS)Sc1ccccc1. The van der Waals surface area contributed by atoms with Gasteiger partial charge in [0, 0.05) is 15.9 Å². The quantitative estimate of drug-likeness (QED) is 0.556. The van der Waals surface area contributed by atoms with Crippen LogP contribution >= 0.6 is 24.4 Å². The van der Waals surface area contributed by atoms with Crippen LogP contribution in [0.25, 0.3) is 0 Å². The Hall–Kier alpha value is -0.0800. The topological polar surface area (TPSA) is 0 Å². The molecule has 1 rings (SSSR count). The summed E-state index contributed by atoms with van der Waals surface area (Å²) in [5, 5.41) is 0.598. The second kappa shape index (κ2) is 4.73. The Morgan fingerprint density at radius 2 is 2.00 bits per heavy atom. The molecule has 60 valence electrons. The molecule has 11 heavy (non-hydrogen) atoms. The van der Waals surface area contributed by atoms with E-state index in [0.29, 0.717) is 5.25 Å². The molecular formula is C9H12S2. The van der Waals surface area contributed by atoms with Crippen LogP contribution in [0.1, 0.15) is 6.92 Å². The zero-order chi connectivity index (χ0) is 8.10. The van der Waals surface area contributed by atoms with Crippen molar-refractivity contribution in [1.29, 1.82) is 0 Å². The average molecular weight is 184 g/mol. The van der Waals surface area contributed by atoms with Crippen LogP contribution in [0, 0.1) is 0 Å². The molecule has 0 bridgehead atoms. The number of benzene rings is 1. The van der Waals surface area contributed by atoms with Crippen LogP contribution in [0.2, 0.25) is 0 Å². The first kappa shape index (κ1) is 9.01. The Balaban J connectivity index is 2.51. The van der Waals surface area contributed by atoms with Gasteiger partial charge in [-0.2, -0.15) is 12.6 Å². The third-order valence-electron chi connectivity index (χ3n) is 1.34. The van der Waals surface area contributed by atoms with Gasteiger partial charge >= 0.3 is 0 Å². The Bertz CT molecular complexity index is 196. The maximum Gasteiger partial charge on any atom is 0.0154 e. The summed E-state index contributed by atoms with van der Waals surface area (Å²) in [5.41, 5.74) is 0. The summed E-state index contributed by atoms with van der Waals surface area (Å²) in [7, 11) is 0. The van der Waals surface area contributed by atoms with E-state index in [1.165, 1.54) is 4.90 Å². The van der Waals surface area contributed by atoms with E-state index < -0.39 is 0 Å². The van der Waals surface area contributed by atoms with Crippen molar-refractivity contribution in [3.05, 3.63) is 30.3 Å². The number of thiol groups is 1. The maximum absolute atomic E-state index is 4.22. The molecule has 0 amide bonds. The van der Waals surface area contributed by atoms with Gasteiger partial charge in [-0.3, -0.25) is 0 Å². The highest BCUT2D eigenvalue weighted by molar-refractivity contribution is 8.00. The van der Waals surface area contributed by atoms with Crippen molar-refractivity contribution in [3.8, 4) is 0 Å². The lowest BCUT2D eigenvalue weighted by atomic mass is 10.4. The highest BCUT2D eigenvalue weighted by Gasteiger charge is 1.99. The van der Waals surface area contributed by atoms with E-state index in [9.17, 15) is 0 Å². The van der Waals surface area contributed by atoms with Crippen LogP contribution in [0.3, 0.4) is 0 Å². The fraction of sp³-hybridized carbons (Fsp3) is 0.333. The Morgan fingerprint density at radius 1 is 1.36 bits per heavy atom. The minimum Gasteiger partial charge on any atom is -0.178 e. The molecule has 0 nitrogen and oxygen atoms in total. The van der Waals surface area contributed by atoms with Gasteiger partial charge in [-0.15, -0.1) is 11.8 Å². The minimum atomic E-state index is 0.598. The van der Waals surface area contributed by atoms with Gasteiger partial charge in [0.25, 0.3) is 0 Å². The second-order valence-corrected chi connectivity index (χ2v) is 4.30. The van der Waals surface area contributed by atoms with Gasteiger partial charge in [-0.05, 0) is 12.1 Å². The first-order valence-electron chi connectivity index (χ1n) is 3.65. The van der Waals surface area contributed by atoms with Gasteiger partial charge in [0.1, 0.15) is 0 Å². The summed E-state index contributed by atoms with van der Waals surface area (Å²) in [6, 6.07) is 10.4. The van der Waals surface area contributed by atoms with Gasteiger partial charge in [0.05, 0.1) is 0 Å². The molecule has 1 atom stereocenters. The summed E-state index contributed by atoms with van der Waals surface area (Å²) >= 11 is 6.09. The lowest BCUT2D eigenvalue weighted by Crippen LogP contribution is -1.95. The monoisotopic (exact) mass is 184 g/mol. The van der Waals surface area contributed by atoms with Crippen LogP contribution in [0.4, 0.5) is 0 Å². The Kier molecular flexibility index (Phi) is 3.87. The summed E-state index contributed by atoms with van der Waals surface area (Å²) < 4.78 is 0. The molecule has 0 aliphatic rings. The van der Waals surface area contributed by atoms with E-state index in [1.807, 2.05) is 17.8 Å². The van der Waals surface area contributed by atoms with Gasteiger partial charge in [-0.25, -0.2) is 0 Å². The third kappa shape index (κ3) is 3.21. The fourth-order valence-corrected chi connectivity index (χ4v) is 1.85. The smallest absolute Gasteiger partial charge is 0.0154 e. The summed E-state index contributed by atoms with van der Waals surface area (Å²) in [6.45, 7) is 2.19. The molecule has 0 fully saturated rings. The van der Waals surface area contributed by atoms with E-state index in [1.54, 1.807) is 0 Å². The lowest BCUT2D eigenvalue weighted by molar-refractivity contribution is 1.13. The van der Waals surface area contributed by atoms with Crippen LogP contribution in [-0.4, -0.2) is 11.0 Å². The molecule has 0 spiro atoms. The Morgan fingerprint density at radius 3 is 2.55 bits per heavy atom. The van der Waals surface area contributed by atoms with Crippen molar-refractivity contribution < 1.29 is 0 Å². The highest BCUT2D eigenvalue weighted by atomic mass is 32.2. The normalized spacial score (nSPS) is 12.9. The fourth-order valence-electron chi connectivity index (χ4n) is 0.769. The second-order valence-electron chi connectivity index (χ2n) is 2.42. The van der Waals surface area contributed by atoms with Crippen LogP contribution in [0.5, 0.6) is 0 Å². The number of hydrogen-bond acceptors (Lipinski definition) is 2. The minimum absolute atomic E-state index is 0.598. The first-order valence-corrected chi connectivity index (χ1v) is 5.16. The molecule has 2 heteroatoms. The zero-order valence-electron chi connectivity index (χ0n) is 6.53. The van der Waals surface area contributed by atoms with E-state index in [4.69, 9.17) is 0 Å². The number of hydrogen-bond donors (Lipinski definition) is 1. The standard InChI is InChI=1S/C9H12S2/c1-8(7-10)11-9-5-3-2-4-6-9/h2-6,8,10H,7H2,1H3. The van der Waals surface area contributed by atoms with E-state index >= 15 is 0 Å². The highest BCUT2D eigenvalue weighted by Crippen LogP contribution is 2.22. The molecule has 1 aromatic rings. The van der Waals surface area contributed by atoms with Gasteiger partial charge in [-0.1, -0.05) is 25.1 Å². The molecular weight excluding hydrogens is 172 g/mol. The largest absolute Gasteiger partial charge is 0.178 e. The Labute approximate surface area is 77.8 Å². The number of rotatable bonds is 3. The molecule has 1 unspecified atom stereocenters. The van der Waals surface area contributed by atoms with Crippen molar-refractivity contribution in [2.24, 2.45) is 0 Å². The van der Waals surface area contributed by atoms with E-state index in [2.05, 4.69) is 43.8 Å². The van der Waals surface area contributed by atoms with Crippen molar-refractivity contribution >= 4 is 24.4 Å². The van der Waals surface area contributed by atoms with Crippen LogP contribution in [-0.2, 0) is 0 Å². The molecule has 0 aliphatic carbocycles. The van der Waals surface area contributed by atoms with E-state index in [-0.39, 0.29) is 0 Å². The lowest BCUT2D eigenvalue weighted by Gasteiger charge is -2.06. The zero-order valence-corrected chi connectivity index (χ0v) is 8.24. The van der Waals surface area contributed by atoms with Gasteiger partial charge < -0.3 is 0 Å². The van der Waals surface area contributed by atoms with Crippen molar-refractivity contribution in [2.45, 2.75) is 17.1 Å².